The second kappa shape index (κ2) is 4.58. The van der Waals surface area contributed by atoms with Gasteiger partial charge in [-0.25, -0.2) is 4.98 Å². The van der Waals surface area contributed by atoms with Gasteiger partial charge in [0.25, 0.3) is 0 Å². The van der Waals surface area contributed by atoms with Crippen molar-refractivity contribution >= 4 is 17.1 Å². The zero-order chi connectivity index (χ0) is 11.5. The molecule has 0 aliphatic carbocycles. The average molecular weight is 231 g/mol. The van der Waals surface area contributed by atoms with Gasteiger partial charge < -0.3 is 0 Å². The third-order valence-electron chi connectivity index (χ3n) is 2.48. The van der Waals surface area contributed by atoms with Crippen LogP contribution in [0, 0.1) is 0 Å². The molecule has 0 radical (unpaired) electrons. The van der Waals surface area contributed by atoms with Gasteiger partial charge in [0.1, 0.15) is 5.01 Å². The molecule has 0 unspecified atom stereocenters. The summed E-state index contributed by atoms with van der Waals surface area (Å²) in [6.45, 7) is 3.70. The maximum Gasteiger partial charge on any atom is 0.171 e. The molecule has 1 aromatic heterocycles. The molecule has 0 fully saturated rings. The van der Waals surface area contributed by atoms with E-state index in [0.717, 1.165) is 21.9 Å². The average Bonchev–Trinajstić information content (AvgIpc) is 2.78. The lowest BCUT2D eigenvalue weighted by Gasteiger charge is -2.03. The predicted molar refractivity (Wildman–Crippen MR) is 66.9 cm³/mol. The highest BCUT2D eigenvalue weighted by molar-refractivity contribution is 7.16. The van der Waals surface area contributed by atoms with Gasteiger partial charge in [0.2, 0.25) is 0 Å². The fourth-order valence-corrected chi connectivity index (χ4v) is 2.47. The van der Waals surface area contributed by atoms with E-state index in [0.29, 0.717) is 0 Å². The highest BCUT2D eigenvalue weighted by Gasteiger charge is 2.09. The van der Waals surface area contributed by atoms with Crippen LogP contribution in [0.15, 0.2) is 30.5 Å². The second-order valence-corrected chi connectivity index (χ2v) is 4.63. The first-order valence-electron chi connectivity index (χ1n) is 5.27. The van der Waals surface area contributed by atoms with Crippen LogP contribution in [0.25, 0.3) is 10.6 Å². The third-order valence-corrected chi connectivity index (χ3v) is 3.61. The number of carbonyl (C=O) groups excluding carboxylic acids is 1. The van der Waals surface area contributed by atoms with E-state index < -0.39 is 0 Å². The molecule has 0 spiro atoms. The van der Waals surface area contributed by atoms with Crippen molar-refractivity contribution in [1.82, 2.24) is 4.98 Å². The van der Waals surface area contributed by atoms with Crippen molar-refractivity contribution in [3.63, 3.8) is 0 Å². The normalized spacial score (nSPS) is 10.4. The van der Waals surface area contributed by atoms with Crippen molar-refractivity contribution in [2.75, 3.05) is 0 Å². The second-order valence-electron chi connectivity index (χ2n) is 3.60. The number of benzene rings is 1. The van der Waals surface area contributed by atoms with Gasteiger partial charge in [-0.15, -0.1) is 11.3 Å². The Morgan fingerprint density at radius 3 is 2.75 bits per heavy atom. The molecule has 0 amide bonds. The molecule has 2 aromatic rings. The van der Waals surface area contributed by atoms with E-state index in [2.05, 4.69) is 24.0 Å². The van der Waals surface area contributed by atoms with Crippen molar-refractivity contribution in [3.8, 4) is 10.6 Å². The lowest BCUT2D eigenvalue weighted by Crippen LogP contribution is -1.85. The fourth-order valence-electron chi connectivity index (χ4n) is 1.60. The molecule has 0 atom stereocenters. The number of rotatable bonds is 3. The zero-order valence-electron chi connectivity index (χ0n) is 9.36. The van der Waals surface area contributed by atoms with Gasteiger partial charge in [0, 0.05) is 18.7 Å². The number of aryl methyl sites for hydroxylation is 1. The molecule has 2 nitrogen and oxygen atoms in total. The Labute approximate surface area is 99.0 Å². The highest BCUT2D eigenvalue weighted by atomic mass is 32.1. The smallest absolute Gasteiger partial charge is 0.171 e. The van der Waals surface area contributed by atoms with Gasteiger partial charge in [-0.1, -0.05) is 31.2 Å². The van der Waals surface area contributed by atoms with Crippen LogP contribution in [0.4, 0.5) is 0 Å². The molecule has 0 aliphatic heterocycles. The molecular formula is C13H13NOS. The van der Waals surface area contributed by atoms with Crippen LogP contribution in [-0.2, 0) is 6.42 Å². The fraction of sp³-hybridized carbons (Fsp3) is 0.231. The minimum Gasteiger partial charge on any atom is -0.294 e. The molecule has 82 valence electrons. The van der Waals surface area contributed by atoms with Gasteiger partial charge in [-0.3, -0.25) is 4.79 Å². The summed E-state index contributed by atoms with van der Waals surface area (Å²) < 4.78 is 0. The Morgan fingerprint density at radius 2 is 2.12 bits per heavy atom. The SMILES string of the molecule is CCc1ccccc1-c1ncc(C(C)=O)s1. The largest absolute Gasteiger partial charge is 0.294 e. The Balaban J connectivity index is 2.46. The van der Waals surface area contributed by atoms with Crippen molar-refractivity contribution < 1.29 is 4.79 Å². The van der Waals surface area contributed by atoms with E-state index in [1.807, 2.05) is 12.1 Å². The van der Waals surface area contributed by atoms with Crippen LogP contribution >= 0.6 is 11.3 Å². The molecule has 2 rings (SSSR count). The molecule has 1 aromatic carbocycles. The number of nitrogens with zero attached hydrogens (tertiary/aromatic N) is 1. The lowest BCUT2D eigenvalue weighted by molar-refractivity contribution is 0.102. The maximum absolute atomic E-state index is 11.2. The Hall–Kier alpha value is -1.48. The first-order valence-corrected chi connectivity index (χ1v) is 6.09. The third kappa shape index (κ3) is 2.04. The van der Waals surface area contributed by atoms with Crippen LogP contribution in [0.5, 0.6) is 0 Å². The van der Waals surface area contributed by atoms with Crippen molar-refractivity contribution in [3.05, 3.63) is 40.9 Å². The van der Waals surface area contributed by atoms with Gasteiger partial charge in [-0.2, -0.15) is 0 Å². The molecule has 1 heterocycles. The number of hydrogen-bond donors (Lipinski definition) is 0. The van der Waals surface area contributed by atoms with E-state index in [9.17, 15) is 4.79 Å². The zero-order valence-corrected chi connectivity index (χ0v) is 10.2. The minimum atomic E-state index is 0.0812. The molecule has 0 bridgehead atoms. The van der Waals surface area contributed by atoms with Gasteiger partial charge in [0.05, 0.1) is 4.88 Å². The number of aromatic nitrogens is 1. The molecule has 0 saturated heterocycles. The maximum atomic E-state index is 11.2. The molecule has 0 N–H and O–H groups in total. The van der Waals surface area contributed by atoms with Gasteiger partial charge >= 0.3 is 0 Å². The minimum absolute atomic E-state index is 0.0812. The van der Waals surface area contributed by atoms with E-state index in [1.165, 1.54) is 16.9 Å². The Morgan fingerprint density at radius 1 is 1.38 bits per heavy atom. The van der Waals surface area contributed by atoms with Gasteiger partial charge in [0.15, 0.2) is 5.78 Å². The summed E-state index contributed by atoms with van der Waals surface area (Å²) in [5.41, 5.74) is 2.41. The molecular weight excluding hydrogens is 218 g/mol. The monoisotopic (exact) mass is 231 g/mol. The van der Waals surface area contributed by atoms with E-state index in [-0.39, 0.29) is 5.78 Å². The van der Waals surface area contributed by atoms with Gasteiger partial charge in [-0.05, 0) is 12.0 Å². The first kappa shape index (κ1) is 11.0. The van der Waals surface area contributed by atoms with Crippen molar-refractivity contribution in [2.45, 2.75) is 20.3 Å². The summed E-state index contributed by atoms with van der Waals surface area (Å²) >= 11 is 1.46. The van der Waals surface area contributed by atoms with E-state index >= 15 is 0 Å². The molecule has 0 aliphatic rings. The van der Waals surface area contributed by atoms with Crippen molar-refractivity contribution in [2.24, 2.45) is 0 Å². The molecule has 16 heavy (non-hydrogen) atoms. The summed E-state index contributed by atoms with van der Waals surface area (Å²) in [5, 5.41) is 0.933. The Bertz CT molecular complexity index is 516. The van der Waals surface area contributed by atoms with Crippen LogP contribution in [0.3, 0.4) is 0 Å². The summed E-state index contributed by atoms with van der Waals surface area (Å²) in [6.07, 6.45) is 2.64. The highest BCUT2D eigenvalue weighted by Crippen LogP contribution is 2.28. The van der Waals surface area contributed by atoms with Crippen LogP contribution in [0.1, 0.15) is 29.1 Å². The van der Waals surface area contributed by atoms with Crippen molar-refractivity contribution in [1.29, 1.82) is 0 Å². The molecule has 3 heteroatoms. The predicted octanol–water partition coefficient (Wildman–Crippen LogP) is 3.58. The summed E-state index contributed by atoms with van der Waals surface area (Å²) in [4.78, 5) is 16.3. The lowest BCUT2D eigenvalue weighted by atomic mass is 10.1. The van der Waals surface area contributed by atoms with Crippen LogP contribution in [0.2, 0.25) is 0 Å². The number of ketones is 1. The van der Waals surface area contributed by atoms with Crippen LogP contribution in [-0.4, -0.2) is 10.8 Å². The quantitative estimate of drug-likeness (QED) is 0.756. The van der Waals surface area contributed by atoms with E-state index in [4.69, 9.17) is 0 Å². The van der Waals surface area contributed by atoms with Crippen LogP contribution < -0.4 is 0 Å². The topological polar surface area (TPSA) is 30.0 Å². The standard InChI is InChI=1S/C13H13NOS/c1-3-10-6-4-5-7-11(10)13-14-8-12(16-13)9(2)15/h4-8H,3H2,1-2H3. The summed E-state index contributed by atoms with van der Waals surface area (Å²) in [6, 6.07) is 8.19. The Kier molecular flexibility index (Phi) is 3.15. The summed E-state index contributed by atoms with van der Waals surface area (Å²) in [5.74, 6) is 0.0812. The molecule has 0 saturated carbocycles. The summed E-state index contributed by atoms with van der Waals surface area (Å²) in [7, 11) is 0. The number of carbonyl (C=O) groups is 1. The van der Waals surface area contributed by atoms with E-state index in [1.54, 1.807) is 13.1 Å². The number of hydrogen-bond acceptors (Lipinski definition) is 3. The number of thiazole rings is 1. The first-order chi connectivity index (χ1) is 7.72. The number of Topliss-reactive ketones (excluding diaryl/α,β-unsaturated/α-hetero) is 1.